The molecule has 1 aromatic carbocycles. The van der Waals surface area contributed by atoms with Gasteiger partial charge in [0.15, 0.2) is 0 Å². The molecule has 1 aromatic rings. The maximum absolute atomic E-state index is 13.2. The number of anilines is 1. The summed E-state index contributed by atoms with van der Waals surface area (Å²) in [6.45, 7) is 3.77. The molecular formula is C18H15ClNO4-. The molecule has 0 aromatic heterocycles. The Labute approximate surface area is 144 Å². The molecule has 1 spiro atoms. The average molecular weight is 345 g/mol. The van der Waals surface area contributed by atoms with Gasteiger partial charge in [0.1, 0.15) is 5.60 Å². The highest BCUT2D eigenvalue weighted by molar-refractivity contribution is 6.34. The number of halogens is 1. The van der Waals surface area contributed by atoms with Crippen molar-refractivity contribution >= 4 is 29.2 Å². The summed E-state index contributed by atoms with van der Waals surface area (Å²) in [6.07, 6.45) is 5.09. The first-order chi connectivity index (χ1) is 11.5. The third-order valence-electron chi connectivity index (χ3n) is 5.20. The Bertz CT molecular complexity index is 776. The van der Waals surface area contributed by atoms with Gasteiger partial charge in [0.05, 0.1) is 28.8 Å². The number of rotatable bonds is 4. The minimum atomic E-state index is -1.26. The SMILES string of the molecule is C=CC[C@H]1N(c2ccccc2Cl)C(=O)[C@H]2[C@@H](C(=O)[O-])[C@@H]3C=C[C@]21O3. The summed E-state index contributed by atoms with van der Waals surface area (Å²) in [7, 11) is 0. The van der Waals surface area contributed by atoms with Crippen molar-refractivity contribution in [2.75, 3.05) is 4.90 Å². The third kappa shape index (κ3) is 1.79. The number of aliphatic carboxylic acids is 1. The fourth-order valence-electron chi connectivity index (χ4n) is 4.30. The van der Waals surface area contributed by atoms with E-state index in [1.807, 2.05) is 6.08 Å². The predicted octanol–water partition coefficient (Wildman–Crippen LogP) is 1.32. The zero-order valence-electron chi connectivity index (χ0n) is 12.7. The lowest BCUT2D eigenvalue weighted by Gasteiger charge is -2.33. The van der Waals surface area contributed by atoms with E-state index in [9.17, 15) is 14.7 Å². The van der Waals surface area contributed by atoms with Gasteiger partial charge in [-0.1, -0.05) is 42.0 Å². The van der Waals surface area contributed by atoms with E-state index in [0.29, 0.717) is 17.1 Å². The Balaban J connectivity index is 1.87. The molecule has 0 aliphatic carbocycles. The van der Waals surface area contributed by atoms with Gasteiger partial charge >= 0.3 is 0 Å². The van der Waals surface area contributed by atoms with Crippen LogP contribution in [0.3, 0.4) is 0 Å². The number of amides is 1. The maximum Gasteiger partial charge on any atom is 0.234 e. The molecule has 4 rings (SSSR count). The van der Waals surface area contributed by atoms with Crippen LogP contribution in [0.1, 0.15) is 6.42 Å². The van der Waals surface area contributed by atoms with E-state index in [1.165, 1.54) is 0 Å². The predicted molar refractivity (Wildman–Crippen MR) is 86.3 cm³/mol. The molecule has 3 heterocycles. The third-order valence-corrected chi connectivity index (χ3v) is 5.52. The van der Waals surface area contributed by atoms with Crippen molar-refractivity contribution < 1.29 is 19.4 Å². The molecule has 2 fully saturated rings. The second kappa shape index (κ2) is 5.19. The Morgan fingerprint density at radius 3 is 2.88 bits per heavy atom. The first kappa shape index (κ1) is 15.4. The minimum Gasteiger partial charge on any atom is -0.550 e. The van der Waals surface area contributed by atoms with Crippen LogP contribution in [0.4, 0.5) is 5.69 Å². The molecule has 2 bridgehead atoms. The number of carbonyl (C=O) groups excluding carboxylic acids is 2. The van der Waals surface area contributed by atoms with Gasteiger partial charge in [-0.25, -0.2) is 0 Å². The minimum absolute atomic E-state index is 0.295. The molecule has 0 N–H and O–H groups in total. The molecule has 3 aliphatic rings. The van der Waals surface area contributed by atoms with Gasteiger partial charge in [-0.2, -0.15) is 0 Å². The number of carboxylic acid groups (broad SMARTS) is 1. The fraction of sp³-hybridized carbons (Fsp3) is 0.333. The van der Waals surface area contributed by atoms with Gasteiger partial charge in [-0.05, 0) is 18.6 Å². The number of benzene rings is 1. The highest BCUT2D eigenvalue weighted by Crippen LogP contribution is 2.56. The standard InChI is InChI=1S/C18H16ClNO4/c1-2-5-13-18-9-8-12(24-18)14(17(22)23)15(18)16(21)20(13)11-7-4-3-6-10(11)19/h2-4,6-9,12-15H,1,5H2,(H,22,23)/p-1/t12-,13+,14-,15+,18+/m0/s1. The molecule has 5 atom stereocenters. The van der Waals surface area contributed by atoms with E-state index in [0.717, 1.165) is 0 Å². The summed E-state index contributed by atoms with van der Waals surface area (Å²) in [6, 6.07) is 6.62. The molecule has 6 heteroatoms. The van der Waals surface area contributed by atoms with Crippen LogP contribution in [0.15, 0.2) is 49.1 Å². The van der Waals surface area contributed by atoms with Crippen LogP contribution in [0, 0.1) is 11.8 Å². The van der Waals surface area contributed by atoms with Crippen LogP contribution in [0.25, 0.3) is 0 Å². The van der Waals surface area contributed by atoms with Crippen LogP contribution in [-0.2, 0) is 14.3 Å². The van der Waals surface area contributed by atoms with Crippen LogP contribution in [0.5, 0.6) is 0 Å². The monoisotopic (exact) mass is 344 g/mol. The molecule has 1 amide bonds. The second-order valence-corrected chi connectivity index (χ2v) is 6.72. The van der Waals surface area contributed by atoms with Crippen LogP contribution in [0.2, 0.25) is 5.02 Å². The molecule has 2 saturated heterocycles. The van der Waals surface area contributed by atoms with E-state index >= 15 is 0 Å². The summed E-state index contributed by atoms with van der Waals surface area (Å²) in [5.41, 5.74) is -0.419. The van der Waals surface area contributed by atoms with E-state index in [2.05, 4.69) is 6.58 Å². The Hall–Kier alpha value is -2.11. The average Bonchev–Trinajstić information content (AvgIpc) is 3.18. The number of ether oxygens (including phenoxy) is 1. The molecule has 0 saturated carbocycles. The van der Waals surface area contributed by atoms with Crippen LogP contribution >= 0.6 is 11.6 Å². The van der Waals surface area contributed by atoms with Crippen molar-refractivity contribution in [1.29, 1.82) is 0 Å². The van der Waals surface area contributed by atoms with E-state index in [-0.39, 0.29) is 5.91 Å². The summed E-state index contributed by atoms with van der Waals surface area (Å²) in [5, 5.41) is 12.0. The van der Waals surface area contributed by atoms with E-state index in [4.69, 9.17) is 16.3 Å². The zero-order valence-corrected chi connectivity index (χ0v) is 13.5. The van der Waals surface area contributed by atoms with Crippen molar-refractivity contribution in [2.45, 2.75) is 24.2 Å². The number of hydrogen-bond donors (Lipinski definition) is 0. The highest BCUT2D eigenvalue weighted by atomic mass is 35.5. The fourth-order valence-corrected chi connectivity index (χ4v) is 4.53. The van der Waals surface area contributed by atoms with E-state index in [1.54, 1.807) is 41.3 Å². The van der Waals surface area contributed by atoms with Gasteiger partial charge in [-0.3, -0.25) is 4.79 Å². The zero-order chi connectivity index (χ0) is 17.1. The first-order valence-electron chi connectivity index (χ1n) is 7.78. The summed E-state index contributed by atoms with van der Waals surface area (Å²) >= 11 is 6.28. The quantitative estimate of drug-likeness (QED) is 0.772. The molecule has 0 unspecified atom stereocenters. The first-order valence-corrected chi connectivity index (χ1v) is 8.15. The number of nitrogens with zero attached hydrogens (tertiary/aromatic N) is 1. The lowest BCUT2D eigenvalue weighted by Crippen LogP contribution is -2.46. The molecule has 124 valence electrons. The highest BCUT2D eigenvalue weighted by Gasteiger charge is 2.69. The maximum atomic E-state index is 13.2. The van der Waals surface area contributed by atoms with Crippen LogP contribution < -0.4 is 10.0 Å². The van der Waals surface area contributed by atoms with Crippen molar-refractivity contribution in [2.24, 2.45) is 11.8 Å². The number of fused-ring (bicyclic) bond motifs is 1. The molecule has 5 nitrogen and oxygen atoms in total. The molecule has 24 heavy (non-hydrogen) atoms. The molecular weight excluding hydrogens is 330 g/mol. The van der Waals surface area contributed by atoms with Gasteiger partial charge in [0.2, 0.25) is 5.91 Å². The van der Waals surface area contributed by atoms with Crippen molar-refractivity contribution in [3.63, 3.8) is 0 Å². The van der Waals surface area contributed by atoms with E-state index < -0.39 is 35.6 Å². The van der Waals surface area contributed by atoms with Crippen molar-refractivity contribution in [3.05, 3.63) is 54.1 Å². The number of para-hydroxylation sites is 1. The van der Waals surface area contributed by atoms with Crippen LogP contribution in [-0.4, -0.2) is 29.6 Å². The topological polar surface area (TPSA) is 69.7 Å². The van der Waals surface area contributed by atoms with Gasteiger partial charge in [-0.15, -0.1) is 6.58 Å². The molecule has 0 radical (unpaired) electrons. The van der Waals surface area contributed by atoms with Crippen molar-refractivity contribution in [1.82, 2.24) is 0 Å². The molecule has 3 aliphatic heterocycles. The Morgan fingerprint density at radius 2 is 2.21 bits per heavy atom. The summed E-state index contributed by atoms with van der Waals surface area (Å²) in [4.78, 5) is 26.3. The Morgan fingerprint density at radius 1 is 1.46 bits per heavy atom. The number of carboxylic acids is 1. The normalized spacial score (nSPS) is 36.2. The van der Waals surface area contributed by atoms with Crippen molar-refractivity contribution in [3.8, 4) is 0 Å². The largest absolute Gasteiger partial charge is 0.550 e. The Kier molecular flexibility index (Phi) is 3.34. The lowest BCUT2D eigenvalue weighted by atomic mass is 9.74. The summed E-state index contributed by atoms with van der Waals surface area (Å²) < 4.78 is 6.00. The number of carbonyl (C=O) groups is 2. The second-order valence-electron chi connectivity index (χ2n) is 6.32. The van der Waals surface area contributed by atoms with Gasteiger partial charge < -0.3 is 19.5 Å². The summed E-state index contributed by atoms with van der Waals surface area (Å²) in [5.74, 6) is -3.35. The van der Waals surface area contributed by atoms with Gasteiger partial charge in [0.25, 0.3) is 0 Å². The number of hydrogen-bond acceptors (Lipinski definition) is 4. The lowest BCUT2D eigenvalue weighted by molar-refractivity contribution is -0.313. The smallest absolute Gasteiger partial charge is 0.234 e. The van der Waals surface area contributed by atoms with Gasteiger partial charge in [0, 0.05) is 11.9 Å².